The zero-order chi connectivity index (χ0) is 22.7. The third-order valence-electron chi connectivity index (χ3n) is 5.71. The molecule has 0 aliphatic rings. The number of nitrogens with zero attached hydrogens (tertiary/aromatic N) is 5. The van der Waals surface area contributed by atoms with E-state index in [1.807, 2.05) is 39.0 Å². The molecule has 32 heavy (non-hydrogen) atoms. The predicted molar refractivity (Wildman–Crippen MR) is 120 cm³/mol. The van der Waals surface area contributed by atoms with Crippen molar-refractivity contribution in [2.45, 2.75) is 46.3 Å². The van der Waals surface area contributed by atoms with Gasteiger partial charge in [0.2, 0.25) is 0 Å². The topological polar surface area (TPSA) is 113 Å². The first-order chi connectivity index (χ1) is 15.5. The Labute approximate surface area is 185 Å². The standard InChI is InChI=1S/C23H28N6O3/c1-15-10-16(2)21-18(11-15)12-19(23(31)24-21)13-28(7-5-8-30)17(3)22-25-26-27-29(22)14-20-6-4-9-32-20/h4,6,9-12,17,30H,5,7-8,13-14H2,1-3H3,(H,24,31). The highest BCUT2D eigenvalue weighted by molar-refractivity contribution is 5.82. The molecule has 1 atom stereocenters. The number of hydrogen-bond donors (Lipinski definition) is 2. The molecule has 1 unspecified atom stereocenters. The zero-order valence-electron chi connectivity index (χ0n) is 18.6. The second-order valence-electron chi connectivity index (χ2n) is 8.17. The van der Waals surface area contributed by atoms with E-state index in [0.29, 0.717) is 37.4 Å². The van der Waals surface area contributed by atoms with Crippen LogP contribution in [0.25, 0.3) is 10.9 Å². The van der Waals surface area contributed by atoms with Gasteiger partial charge in [-0.3, -0.25) is 9.69 Å². The summed E-state index contributed by atoms with van der Waals surface area (Å²) < 4.78 is 7.13. The molecular formula is C23H28N6O3. The minimum Gasteiger partial charge on any atom is -0.467 e. The van der Waals surface area contributed by atoms with Crippen LogP contribution >= 0.6 is 0 Å². The highest BCUT2D eigenvalue weighted by Crippen LogP contribution is 2.23. The first-order valence-electron chi connectivity index (χ1n) is 10.7. The maximum absolute atomic E-state index is 12.9. The molecule has 0 bridgehead atoms. The van der Waals surface area contributed by atoms with Crippen LogP contribution in [0.15, 0.2) is 45.8 Å². The van der Waals surface area contributed by atoms with Gasteiger partial charge >= 0.3 is 0 Å². The van der Waals surface area contributed by atoms with E-state index in [4.69, 9.17) is 4.42 Å². The van der Waals surface area contributed by atoms with Gasteiger partial charge in [-0.2, -0.15) is 0 Å². The average Bonchev–Trinajstić information content (AvgIpc) is 3.44. The molecule has 4 rings (SSSR count). The minimum absolute atomic E-state index is 0.0625. The zero-order valence-corrected chi connectivity index (χ0v) is 18.6. The van der Waals surface area contributed by atoms with Crippen LogP contribution in [0.3, 0.4) is 0 Å². The number of aliphatic hydroxyl groups excluding tert-OH is 1. The van der Waals surface area contributed by atoms with Crippen LogP contribution in [0.1, 0.15) is 47.7 Å². The Balaban J connectivity index is 1.64. The van der Waals surface area contributed by atoms with Gasteiger partial charge in [-0.1, -0.05) is 11.6 Å². The number of rotatable bonds is 9. The molecule has 0 fully saturated rings. The molecule has 1 aromatic carbocycles. The summed E-state index contributed by atoms with van der Waals surface area (Å²) in [4.78, 5) is 18.0. The van der Waals surface area contributed by atoms with E-state index in [9.17, 15) is 9.90 Å². The molecule has 0 aliphatic carbocycles. The normalized spacial score (nSPS) is 12.7. The van der Waals surface area contributed by atoms with Gasteiger partial charge in [0.15, 0.2) is 5.82 Å². The summed E-state index contributed by atoms with van der Waals surface area (Å²) in [5, 5.41) is 22.6. The van der Waals surface area contributed by atoms with Crippen molar-refractivity contribution >= 4 is 10.9 Å². The van der Waals surface area contributed by atoms with Gasteiger partial charge in [-0.15, -0.1) is 5.10 Å². The van der Waals surface area contributed by atoms with Crippen molar-refractivity contribution in [3.63, 3.8) is 0 Å². The fraction of sp³-hybridized carbons (Fsp3) is 0.391. The van der Waals surface area contributed by atoms with E-state index in [2.05, 4.69) is 37.5 Å². The maximum Gasteiger partial charge on any atom is 0.252 e. The lowest BCUT2D eigenvalue weighted by Crippen LogP contribution is -2.32. The predicted octanol–water partition coefficient (Wildman–Crippen LogP) is 2.72. The highest BCUT2D eigenvalue weighted by atomic mass is 16.3. The van der Waals surface area contributed by atoms with Crippen LogP contribution in [-0.2, 0) is 13.1 Å². The Kier molecular flexibility index (Phi) is 6.48. The number of furan rings is 1. The average molecular weight is 437 g/mol. The van der Waals surface area contributed by atoms with Gasteiger partial charge < -0.3 is 14.5 Å². The summed E-state index contributed by atoms with van der Waals surface area (Å²) in [7, 11) is 0. The molecule has 0 radical (unpaired) electrons. The fourth-order valence-corrected chi connectivity index (χ4v) is 4.09. The molecule has 168 valence electrons. The maximum atomic E-state index is 12.9. The van der Waals surface area contributed by atoms with Gasteiger partial charge in [0.1, 0.15) is 12.3 Å². The summed E-state index contributed by atoms with van der Waals surface area (Å²) in [5.41, 5.74) is 3.61. The van der Waals surface area contributed by atoms with E-state index < -0.39 is 0 Å². The third-order valence-corrected chi connectivity index (χ3v) is 5.71. The van der Waals surface area contributed by atoms with Crippen molar-refractivity contribution in [3.05, 3.63) is 75.2 Å². The summed E-state index contributed by atoms with van der Waals surface area (Å²) in [6, 6.07) is 9.61. The minimum atomic E-state index is -0.180. The number of hydrogen-bond acceptors (Lipinski definition) is 7. The first kappa shape index (κ1) is 21.9. The van der Waals surface area contributed by atoms with Crippen molar-refractivity contribution < 1.29 is 9.52 Å². The summed E-state index contributed by atoms with van der Waals surface area (Å²) in [5.74, 6) is 1.42. The number of aromatic amines is 1. The molecule has 4 aromatic rings. The Hall–Kier alpha value is -3.30. The molecule has 3 heterocycles. The largest absolute Gasteiger partial charge is 0.467 e. The lowest BCUT2D eigenvalue weighted by atomic mass is 10.0. The number of tetrazole rings is 1. The molecule has 0 amide bonds. The number of aliphatic hydroxyl groups is 1. The Morgan fingerprint density at radius 2 is 2.12 bits per heavy atom. The van der Waals surface area contributed by atoms with Crippen LogP contribution in [-0.4, -0.2) is 48.3 Å². The Morgan fingerprint density at radius 1 is 1.28 bits per heavy atom. The van der Waals surface area contributed by atoms with Crippen LogP contribution in [0.2, 0.25) is 0 Å². The number of benzene rings is 1. The van der Waals surface area contributed by atoms with Crippen molar-refractivity contribution in [1.29, 1.82) is 0 Å². The molecule has 9 heteroatoms. The summed E-state index contributed by atoms with van der Waals surface area (Å²) >= 11 is 0. The molecule has 0 saturated carbocycles. The molecule has 9 nitrogen and oxygen atoms in total. The van der Waals surface area contributed by atoms with Gasteiger partial charge in [0, 0.05) is 25.3 Å². The lowest BCUT2D eigenvalue weighted by Gasteiger charge is -2.28. The molecule has 0 aliphatic heterocycles. The Morgan fingerprint density at radius 3 is 2.88 bits per heavy atom. The van der Waals surface area contributed by atoms with Crippen molar-refractivity contribution in [1.82, 2.24) is 30.1 Å². The third kappa shape index (κ3) is 4.63. The molecule has 0 saturated heterocycles. The van der Waals surface area contributed by atoms with Crippen LogP contribution < -0.4 is 5.56 Å². The van der Waals surface area contributed by atoms with Crippen molar-refractivity contribution in [3.8, 4) is 0 Å². The van der Waals surface area contributed by atoms with E-state index >= 15 is 0 Å². The van der Waals surface area contributed by atoms with E-state index in [1.165, 1.54) is 0 Å². The lowest BCUT2D eigenvalue weighted by molar-refractivity contribution is 0.166. The number of aryl methyl sites for hydroxylation is 2. The number of H-pyrrole nitrogens is 1. The van der Waals surface area contributed by atoms with Gasteiger partial charge in [0.25, 0.3) is 5.56 Å². The van der Waals surface area contributed by atoms with E-state index in [-0.39, 0.29) is 18.2 Å². The summed E-state index contributed by atoms with van der Waals surface area (Å²) in [6.07, 6.45) is 2.19. The molecule has 0 spiro atoms. The summed E-state index contributed by atoms with van der Waals surface area (Å²) in [6.45, 7) is 7.54. The fourth-order valence-electron chi connectivity index (χ4n) is 4.09. The number of nitrogens with one attached hydrogen (secondary N) is 1. The highest BCUT2D eigenvalue weighted by Gasteiger charge is 2.23. The second kappa shape index (κ2) is 9.46. The Bertz CT molecular complexity index is 1240. The number of pyridine rings is 1. The van der Waals surface area contributed by atoms with Gasteiger partial charge in [0.05, 0.1) is 17.8 Å². The molecule has 2 N–H and O–H groups in total. The van der Waals surface area contributed by atoms with E-state index in [1.54, 1.807) is 10.9 Å². The van der Waals surface area contributed by atoms with Crippen LogP contribution in [0.4, 0.5) is 0 Å². The SMILES string of the molecule is Cc1cc(C)c2[nH]c(=O)c(CN(CCCO)C(C)c3nnnn3Cc3ccco3)cc2c1. The van der Waals surface area contributed by atoms with Crippen molar-refractivity contribution in [2.24, 2.45) is 0 Å². The quantitative estimate of drug-likeness (QED) is 0.415. The van der Waals surface area contributed by atoms with E-state index in [0.717, 1.165) is 27.8 Å². The second-order valence-corrected chi connectivity index (χ2v) is 8.17. The monoisotopic (exact) mass is 436 g/mol. The number of aromatic nitrogens is 5. The van der Waals surface area contributed by atoms with Gasteiger partial charge in [-0.25, -0.2) is 4.68 Å². The first-order valence-corrected chi connectivity index (χ1v) is 10.7. The van der Waals surface area contributed by atoms with Crippen LogP contribution in [0.5, 0.6) is 0 Å². The molecular weight excluding hydrogens is 408 g/mol. The van der Waals surface area contributed by atoms with Gasteiger partial charge in [-0.05, 0) is 72.8 Å². The van der Waals surface area contributed by atoms with Crippen molar-refractivity contribution in [2.75, 3.05) is 13.2 Å². The smallest absolute Gasteiger partial charge is 0.252 e. The molecule has 3 aromatic heterocycles. The van der Waals surface area contributed by atoms with Crippen LogP contribution in [0, 0.1) is 13.8 Å². The number of fused-ring (bicyclic) bond motifs is 1.